The van der Waals surface area contributed by atoms with Crippen LogP contribution in [-0.2, 0) is 9.53 Å². The molecule has 0 saturated heterocycles. The van der Waals surface area contributed by atoms with Crippen molar-refractivity contribution in [3.63, 3.8) is 0 Å². The monoisotopic (exact) mass is 225 g/mol. The topological polar surface area (TPSA) is 68.2 Å². The number of hydroxylamine groups is 2. The average molecular weight is 225 g/mol. The first-order chi connectivity index (χ1) is 7.67. The first kappa shape index (κ1) is 10.7. The van der Waals surface area contributed by atoms with E-state index >= 15 is 0 Å². The molecule has 1 aromatic carbocycles. The summed E-state index contributed by atoms with van der Waals surface area (Å²) in [4.78, 5) is 16.4. The van der Waals surface area contributed by atoms with Crippen molar-refractivity contribution >= 4 is 5.91 Å². The smallest absolute Gasteiger partial charge is 0.317 e. The van der Waals surface area contributed by atoms with Gasteiger partial charge in [-0.1, -0.05) is 0 Å². The van der Waals surface area contributed by atoms with Gasteiger partial charge < -0.3 is 14.3 Å². The number of carbonyl (C=O) groups excluding carboxylic acids is 1. The number of nitrogens with zero attached hydrogens (tertiary/aromatic N) is 1. The maximum Gasteiger partial charge on any atom is 0.317 e. The number of methoxy groups -OCH3 is 2. The Kier molecular flexibility index (Phi) is 2.67. The molecule has 2 rings (SSSR count). The van der Waals surface area contributed by atoms with Crippen molar-refractivity contribution in [1.82, 2.24) is 5.23 Å². The predicted molar refractivity (Wildman–Crippen MR) is 52.0 cm³/mol. The van der Waals surface area contributed by atoms with Gasteiger partial charge in [0.2, 0.25) is 0 Å². The minimum absolute atomic E-state index is 0.163. The number of ether oxygens (including phenoxy) is 2. The fourth-order valence-electron chi connectivity index (χ4n) is 1.54. The lowest BCUT2D eigenvalue weighted by Crippen LogP contribution is -2.39. The molecule has 1 unspecified atom stereocenters. The summed E-state index contributed by atoms with van der Waals surface area (Å²) in [5.41, 5.74) is 0.554. The van der Waals surface area contributed by atoms with Gasteiger partial charge in [0, 0.05) is 18.7 Å². The number of benzene rings is 1. The minimum atomic E-state index is -0.861. The molecule has 0 aromatic heterocycles. The first-order valence-corrected chi connectivity index (χ1v) is 4.59. The van der Waals surface area contributed by atoms with Crippen LogP contribution in [0.4, 0.5) is 0 Å². The van der Waals surface area contributed by atoms with Crippen LogP contribution in [0.25, 0.3) is 0 Å². The zero-order valence-corrected chi connectivity index (χ0v) is 8.84. The second-order valence-corrected chi connectivity index (χ2v) is 3.22. The zero-order valence-electron chi connectivity index (χ0n) is 8.84. The molecule has 1 atom stereocenters. The molecule has 0 bridgehead atoms. The quantitative estimate of drug-likeness (QED) is 0.757. The van der Waals surface area contributed by atoms with Crippen LogP contribution in [0.15, 0.2) is 18.2 Å². The second-order valence-electron chi connectivity index (χ2n) is 3.22. The third-order valence-corrected chi connectivity index (χ3v) is 2.34. The van der Waals surface area contributed by atoms with Crippen LogP contribution in [-0.4, -0.2) is 30.6 Å². The number of hydrogen-bond acceptors (Lipinski definition) is 5. The van der Waals surface area contributed by atoms with Gasteiger partial charge in [-0.25, -0.2) is 0 Å². The largest absolute Gasteiger partial charge is 0.497 e. The number of fused-ring (bicyclic) bond motifs is 1. The fraction of sp³-hybridized carbons (Fsp3) is 0.300. The van der Waals surface area contributed by atoms with Gasteiger partial charge in [0.05, 0.1) is 7.11 Å². The summed E-state index contributed by atoms with van der Waals surface area (Å²) >= 11 is 0. The molecule has 1 aliphatic rings. The van der Waals surface area contributed by atoms with Crippen LogP contribution in [0.5, 0.6) is 11.5 Å². The molecule has 0 saturated carbocycles. The van der Waals surface area contributed by atoms with Crippen LogP contribution in [0.2, 0.25) is 0 Å². The normalized spacial score (nSPS) is 19.1. The second kappa shape index (κ2) is 3.99. The van der Waals surface area contributed by atoms with Crippen molar-refractivity contribution in [2.45, 2.75) is 6.10 Å². The molecule has 6 nitrogen and oxygen atoms in total. The van der Waals surface area contributed by atoms with E-state index in [9.17, 15) is 10.0 Å². The van der Waals surface area contributed by atoms with E-state index in [0.717, 1.165) is 0 Å². The first-order valence-electron chi connectivity index (χ1n) is 4.59. The van der Waals surface area contributed by atoms with E-state index in [4.69, 9.17) is 14.3 Å². The fourth-order valence-corrected chi connectivity index (χ4v) is 1.54. The Morgan fingerprint density at radius 1 is 1.44 bits per heavy atom. The molecular weight excluding hydrogens is 214 g/mol. The molecular formula is C10H11NO5. The lowest BCUT2D eigenvalue weighted by molar-refractivity contribution is -0.278. The Morgan fingerprint density at radius 3 is 2.81 bits per heavy atom. The van der Waals surface area contributed by atoms with Gasteiger partial charge in [0.15, 0.2) is 11.9 Å². The third kappa shape index (κ3) is 1.58. The van der Waals surface area contributed by atoms with Crippen LogP contribution >= 0.6 is 0 Å². The number of hydrogen-bond donors (Lipinski definition) is 1. The number of carbonyl (C=O) groups is 1. The summed E-state index contributed by atoms with van der Waals surface area (Å²) < 4.78 is 10.0. The van der Waals surface area contributed by atoms with Gasteiger partial charge in [-0.2, -0.15) is 0 Å². The Balaban J connectivity index is 2.46. The van der Waals surface area contributed by atoms with Gasteiger partial charge in [-0.3, -0.25) is 10.0 Å². The van der Waals surface area contributed by atoms with E-state index in [1.165, 1.54) is 14.2 Å². The molecule has 0 spiro atoms. The molecule has 1 amide bonds. The van der Waals surface area contributed by atoms with Gasteiger partial charge >= 0.3 is 5.91 Å². The van der Waals surface area contributed by atoms with E-state index < -0.39 is 12.0 Å². The maximum absolute atomic E-state index is 11.5. The molecule has 86 valence electrons. The summed E-state index contributed by atoms with van der Waals surface area (Å²) in [7, 11) is 2.90. The summed E-state index contributed by atoms with van der Waals surface area (Å²) in [5, 5.41) is 9.39. The van der Waals surface area contributed by atoms with E-state index in [1.54, 1.807) is 18.2 Å². The molecule has 6 heteroatoms. The lowest BCUT2D eigenvalue weighted by atomic mass is 10.1. The Hall–Kier alpha value is -1.79. The SMILES string of the molecule is COc1ccc2c(c1)ON(O)C(=O)C2OC. The molecule has 16 heavy (non-hydrogen) atoms. The summed E-state index contributed by atoms with van der Waals surface area (Å²) in [5.74, 6) is 0.227. The van der Waals surface area contributed by atoms with Crippen molar-refractivity contribution in [2.75, 3.05) is 14.2 Å². The lowest BCUT2D eigenvalue weighted by Gasteiger charge is -2.28. The molecule has 0 radical (unpaired) electrons. The highest BCUT2D eigenvalue weighted by Gasteiger charge is 2.35. The third-order valence-electron chi connectivity index (χ3n) is 2.34. The summed E-state index contributed by atoms with van der Waals surface area (Å²) in [6.45, 7) is 0. The van der Waals surface area contributed by atoms with Crippen molar-refractivity contribution < 1.29 is 24.3 Å². The molecule has 1 aliphatic heterocycles. The Bertz CT molecular complexity index is 420. The van der Waals surface area contributed by atoms with Gasteiger partial charge in [-0.15, -0.1) is 0 Å². The van der Waals surface area contributed by atoms with E-state index in [2.05, 4.69) is 0 Å². The Labute approximate surface area is 91.8 Å². The number of amides is 1. The number of rotatable bonds is 2. The standard InChI is InChI=1S/C10H11NO5/c1-14-6-3-4-7-8(5-6)16-11(13)10(12)9(7)15-2/h3-5,9,13H,1-2H3. The highest BCUT2D eigenvalue weighted by atomic mass is 16.9. The van der Waals surface area contributed by atoms with Gasteiger partial charge in [0.25, 0.3) is 0 Å². The molecule has 0 fully saturated rings. The summed E-state index contributed by atoms with van der Waals surface area (Å²) in [6.07, 6.45) is -0.861. The van der Waals surface area contributed by atoms with Crippen LogP contribution in [0.3, 0.4) is 0 Å². The van der Waals surface area contributed by atoms with E-state index in [0.29, 0.717) is 17.1 Å². The summed E-state index contributed by atoms with van der Waals surface area (Å²) in [6, 6.07) is 4.92. The highest BCUT2D eigenvalue weighted by Crippen LogP contribution is 2.35. The van der Waals surface area contributed by atoms with Gasteiger partial charge in [-0.05, 0) is 17.4 Å². The highest BCUT2D eigenvalue weighted by molar-refractivity contribution is 5.83. The zero-order chi connectivity index (χ0) is 11.7. The van der Waals surface area contributed by atoms with Crippen LogP contribution in [0, 0.1) is 0 Å². The van der Waals surface area contributed by atoms with Gasteiger partial charge in [0.1, 0.15) is 5.75 Å². The van der Waals surface area contributed by atoms with Crippen molar-refractivity contribution in [2.24, 2.45) is 0 Å². The average Bonchev–Trinajstić information content (AvgIpc) is 2.30. The van der Waals surface area contributed by atoms with Crippen LogP contribution in [0.1, 0.15) is 11.7 Å². The van der Waals surface area contributed by atoms with Crippen molar-refractivity contribution in [3.05, 3.63) is 23.8 Å². The van der Waals surface area contributed by atoms with E-state index in [1.807, 2.05) is 0 Å². The molecule has 0 aliphatic carbocycles. The molecule has 1 N–H and O–H groups in total. The Morgan fingerprint density at radius 2 is 2.19 bits per heavy atom. The van der Waals surface area contributed by atoms with Crippen molar-refractivity contribution in [3.8, 4) is 11.5 Å². The molecule has 1 aromatic rings. The minimum Gasteiger partial charge on any atom is -0.497 e. The predicted octanol–water partition coefficient (Wildman–Crippen LogP) is 0.908. The van der Waals surface area contributed by atoms with E-state index in [-0.39, 0.29) is 5.23 Å². The molecule has 1 heterocycles. The maximum atomic E-state index is 11.5. The van der Waals surface area contributed by atoms with Crippen molar-refractivity contribution in [1.29, 1.82) is 0 Å². The van der Waals surface area contributed by atoms with Crippen LogP contribution < -0.4 is 9.57 Å².